The fourth-order valence-corrected chi connectivity index (χ4v) is 3.08. The van der Waals surface area contributed by atoms with Gasteiger partial charge in [-0.1, -0.05) is 20.8 Å². The van der Waals surface area contributed by atoms with E-state index in [1.165, 1.54) is 0 Å². The molecular formula is C18H30O3Si. The largest absolute Gasteiger partial charge is 0.467 e. The molecule has 22 heavy (non-hydrogen) atoms. The Hall–Kier alpha value is -1.02. The highest BCUT2D eigenvalue weighted by atomic mass is 28.4. The van der Waals surface area contributed by atoms with Crippen LogP contribution < -0.4 is 0 Å². The normalized spacial score (nSPS) is 15.0. The van der Waals surface area contributed by atoms with Crippen LogP contribution in [0, 0.1) is 11.8 Å². The van der Waals surface area contributed by atoms with Crippen LogP contribution >= 0.6 is 0 Å². The van der Waals surface area contributed by atoms with Crippen LogP contribution in [0.5, 0.6) is 0 Å². The highest BCUT2D eigenvalue weighted by Crippen LogP contribution is 2.40. The van der Waals surface area contributed by atoms with E-state index < -0.39 is 8.32 Å². The van der Waals surface area contributed by atoms with Gasteiger partial charge in [0.05, 0.1) is 12.4 Å². The minimum absolute atomic E-state index is 0.0447. The predicted molar refractivity (Wildman–Crippen MR) is 93.0 cm³/mol. The topological polar surface area (TPSA) is 42.6 Å². The third kappa shape index (κ3) is 6.00. The van der Waals surface area contributed by atoms with Gasteiger partial charge in [-0.2, -0.15) is 0 Å². The van der Waals surface area contributed by atoms with E-state index in [0.29, 0.717) is 6.42 Å². The van der Waals surface area contributed by atoms with Crippen molar-refractivity contribution in [3.8, 4) is 11.8 Å². The van der Waals surface area contributed by atoms with Gasteiger partial charge >= 0.3 is 0 Å². The van der Waals surface area contributed by atoms with Gasteiger partial charge in [0.2, 0.25) is 0 Å². The number of aliphatic hydroxyl groups is 1. The molecule has 0 aliphatic carbocycles. The standard InChI is InChI=1S/C18H30O3Si/c1-15(19)11-8-7-9-12-17(16-13-10-14-20-16)21-22(5,6)18(2,3)4/h10,13-15,17,19H,9,11-12H2,1-6H3/t15-,17+/m1/s1. The Labute approximate surface area is 136 Å². The number of hydrogen-bond donors (Lipinski definition) is 1. The van der Waals surface area contributed by atoms with Crippen LogP contribution in [0.3, 0.4) is 0 Å². The summed E-state index contributed by atoms with van der Waals surface area (Å²) < 4.78 is 12.1. The first-order valence-electron chi connectivity index (χ1n) is 7.98. The van der Waals surface area contributed by atoms with Crippen molar-refractivity contribution in [1.29, 1.82) is 0 Å². The molecule has 0 saturated carbocycles. The molecule has 0 bridgehead atoms. The Morgan fingerprint density at radius 1 is 1.32 bits per heavy atom. The van der Waals surface area contributed by atoms with Gasteiger partial charge < -0.3 is 13.9 Å². The smallest absolute Gasteiger partial charge is 0.193 e. The molecule has 0 aromatic carbocycles. The molecule has 0 spiro atoms. The molecule has 3 nitrogen and oxygen atoms in total. The van der Waals surface area contributed by atoms with Crippen LogP contribution in [0.4, 0.5) is 0 Å². The number of rotatable bonds is 6. The maximum atomic E-state index is 9.22. The Kier molecular flexibility index (Phi) is 6.92. The lowest BCUT2D eigenvalue weighted by atomic mass is 10.1. The third-order valence-electron chi connectivity index (χ3n) is 4.16. The molecule has 1 aromatic heterocycles. The molecule has 0 unspecified atom stereocenters. The molecule has 0 radical (unpaired) electrons. The summed E-state index contributed by atoms with van der Waals surface area (Å²) in [6.45, 7) is 13.0. The van der Waals surface area contributed by atoms with E-state index in [1.54, 1.807) is 13.2 Å². The van der Waals surface area contributed by atoms with Gasteiger partial charge in [0.1, 0.15) is 11.9 Å². The molecule has 1 heterocycles. The fraction of sp³-hybridized carbons (Fsp3) is 0.667. The summed E-state index contributed by atoms with van der Waals surface area (Å²) in [5.74, 6) is 7.00. The quantitative estimate of drug-likeness (QED) is 0.598. The number of furan rings is 1. The van der Waals surface area contributed by atoms with Crippen molar-refractivity contribution in [1.82, 2.24) is 0 Å². The lowest BCUT2D eigenvalue weighted by Crippen LogP contribution is -2.41. The molecule has 124 valence electrons. The number of hydrogen-bond acceptors (Lipinski definition) is 3. The summed E-state index contributed by atoms with van der Waals surface area (Å²) in [6, 6.07) is 3.87. The molecule has 1 N–H and O–H groups in total. The maximum absolute atomic E-state index is 9.22. The van der Waals surface area contributed by atoms with Crippen LogP contribution in [-0.2, 0) is 4.43 Å². The Morgan fingerprint density at radius 3 is 2.50 bits per heavy atom. The van der Waals surface area contributed by atoms with Crippen molar-refractivity contribution in [2.75, 3.05) is 0 Å². The van der Waals surface area contributed by atoms with Gasteiger partial charge in [-0.05, 0) is 43.6 Å². The molecule has 0 saturated heterocycles. The molecule has 0 fully saturated rings. The molecule has 1 aromatic rings. The highest BCUT2D eigenvalue weighted by molar-refractivity contribution is 6.74. The summed E-state index contributed by atoms with van der Waals surface area (Å²) in [5.41, 5.74) is 0. The van der Waals surface area contributed by atoms with E-state index in [-0.39, 0.29) is 17.2 Å². The zero-order valence-corrected chi connectivity index (χ0v) is 15.8. The minimum Gasteiger partial charge on any atom is -0.467 e. The maximum Gasteiger partial charge on any atom is 0.193 e. The second-order valence-corrected chi connectivity index (χ2v) is 12.1. The second-order valence-electron chi connectivity index (χ2n) is 7.33. The van der Waals surface area contributed by atoms with Crippen molar-refractivity contribution in [2.45, 2.75) is 77.3 Å². The van der Waals surface area contributed by atoms with E-state index in [4.69, 9.17) is 8.84 Å². The SMILES string of the molecule is C[C@@H](O)CC#CCC[C@H](O[Si](C)(C)C(C)(C)C)c1ccco1. The van der Waals surface area contributed by atoms with Gasteiger partial charge in [-0.3, -0.25) is 0 Å². The monoisotopic (exact) mass is 322 g/mol. The van der Waals surface area contributed by atoms with E-state index in [9.17, 15) is 5.11 Å². The van der Waals surface area contributed by atoms with Crippen molar-refractivity contribution < 1.29 is 13.9 Å². The molecule has 1 rings (SSSR count). The number of aliphatic hydroxyl groups excluding tert-OH is 1. The predicted octanol–water partition coefficient (Wildman–Crippen LogP) is 4.90. The van der Waals surface area contributed by atoms with Gasteiger partial charge in [0, 0.05) is 12.8 Å². The average molecular weight is 323 g/mol. The summed E-state index contributed by atoms with van der Waals surface area (Å²) in [7, 11) is -1.86. The molecular weight excluding hydrogens is 292 g/mol. The lowest BCUT2D eigenvalue weighted by molar-refractivity contribution is 0.149. The van der Waals surface area contributed by atoms with Crippen molar-refractivity contribution >= 4 is 8.32 Å². The summed E-state index contributed by atoms with van der Waals surface area (Å²) in [4.78, 5) is 0. The van der Waals surface area contributed by atoms with E-state index in [0.717, 1.165) is 18.6 Å². The summed E-state index contributed by atoms with van der Waals surface area (Å²) in [6.07, 6.45) is 3.36. The lowest BCUT2D eigenvalue weighted by Gasteiger charge is -2.38. The first kappa shape index (κ1) is 19.0. The van der Waals surface area contributed by atoms with Crippen molar-refractivity contribution in [3.05, 3.63) is 24.2 Å². The van der Waals surface area contributed by atoms with Crippen molar-refractivity contribution in [2.24, 2.45) is 0 Å². The first-order valence-corrected chi connectivity index (χ1v) is 10.9. The van der Waals surface area contributed by atoms with E-state index in [1.807, 2.05) is 12.1 Å². The zero-order valence-electron chi connectivity index (χ0n) is 14.8. The van der Waals surface area contributed by atoms with E-state index >= 15 is 0 Å². The van der Waals surface area contributed by atoms with Crippen LogP contribution in [0.1, 0.15) is 58.8 Å². The average Bonchev–Trinajstić information content (AvgIpc) is 2.88. The summed E-state index contributed by atoms with van der Waals surface area (Å²) in [5, 5.41) is 9.38. The van der Waals surface area contributed by atoms with Crippen LogP contribution in [-0.4, -0.2) is 19.5 Å². The zero-order chi connectivity index (χ0) is 16.8. The van der Waals surface area contributed by atoms with Gasteiger partial charge in [0.25, 0.3) is 0 Å². The van der Waals surface area contributed by atoms with Gasteiger partial charge in [-0.25, -0.2) is 0 Å². The minimum atomic E-state index is -1.86. The molecule has 0 amide bonds. The summed E-state index contributed by atoms with van der Waals surface area (Å²) >= 11 is 0. The van der Waals surface area contributed by atoms with E-state index in [2.05, 4.69) is 45.7 Å². The van der Waals surface area contributed by atoms with Crippen LogP contribution in [0.25, 0.3) is 0 Å². The van der Waals surface area contributed by atoms with Crippen LogP contribution in [0.15, 0.2) is 22.8 Å². The molecule has 4 heteroatoms. The molecule has 0 aliphatic rings. The molecule has 2 atom stereocenters. The Morgan fingerprint density at radius 2 is 2.00 bits per heavy atom. The molecule has 0 aliphatic heterocycles. The first-order chi connectivity index (χ1) is 10.1. The van der Waals surface area contributed by atoms with Gasteiger partial charge in [0.15, 0.2) is 8.32 Å². The fourth-order valence-electron chi connectivity index (χ4n) is 1.78. The Balaban J connectivity index is 2.72. The van der Waals surface area contributed by atoms with Gasteiger partial charge in [-0.15, -0.1) is 11.8 Å². The third-order valence-corrected chi connectivity index (χ3v) is 8.64. The Bertz CT molecular complexity index is 487. The second kappa shape index (κ2) is 8.01. The van der Waals surface area contributed by atoms with Crippen molar-refractivity contribution in [3.63, 3.8) is 0 Å². The van der Waals surface area contributed by atoms with Crippen LogP contribution in [0.2, 0.25) is 18.1 Å². The highest BCUT2D eigenvalue weighted by Gasteiger charge is 2.39.